The molecular weight excluding hydrogens is 172 g/mol. The highest BCUT2D eigenvalue weighted by molar-refractivity contribution is 8.00. The van der Waals surface area contributed by atoms with E-state index in [2.05, 4.69) is 39.0 Å². The second-order valence-corrected chi connectivity index (χ2v) is 5.59. The minimum Gasteiger partial charge on any atom is -0.162 e. The normalized spacial score (nSPS) is 18.9. The summed E-state index contributed by atoms with van der Waals surface area (Å²) < 4.78 is 0.266. The molecule has 66 valence electrons. The van der Waals surface area contributed by atoms with Crippen LogP contribution in [0, 0.1) is 0 Å². The third-order valence-electron chi connectivity index (χ3n) is 1.99. The van der Waals surface area contributed by atoms with Crippen molar-refractivity contribution in [1.82, 2.24) is 0 Å². The van der Waals surface area contributed by atoms with Crippen LogP contribution in [0.1, 0.15) is 20.3 Å². The van der Waals surface area contributed by atoms with Gasteiger partial charge < -0.3 is 0 Å². The first-order valence-electron chi connectivity index (χ1n) is 3.79. The summed E-state index contributed by atoms with van der Waals surface area (Å²) in [4.78, 5) is 0. The maximum absolute atomic E-state index is 3.86. The van der Waals surface area contributed by atoms with Crippen LogP contribution in [-0.2, 0) is 0 Å². The first kappa shape index (κ1) is 11.4. The zero-order valence-corrected chi connectivity index (χ0v) is 9.52. The molecule has 0 aromatic carbocycles. The van der Waals surface area contributed by atoms with E-state index < -0.39 is 0 Å². The van der Waals surface area contributed by atoms with Gasteiger partial charge in [-0.25, -0.2) is 0 Å². The van der Waals surface area contributed by atoms with E-state index in [1.54, 1.807) is 0 Å². The predicted molar refractivity (Wildman–Crippen MR) is 59.7 cm³/mol. The van der Waals surface area contributed by atoms with Crippen molar-refractivity contribution in [2.24, 2.45) is 0 Å². The zero-order chi connectivity index (χ0) is 8.91. The molecule has 2 heteroatoms. The Morgan fingerprint density at radius 1 is 1.55 bits per heavy atom. The smallest absolute Gasteiger partial charge is 0.0315 e. The van der Waals surface area contributed by atoms with Gasteiger partial charge in [0.25, 0.3) is 0 Å². The molecule has 0 nitrogen and oxygen atoms in total. The molecule has 0 aliphatic carbocycles. The van der Waals surface area contributed by atoms with Crippen LogP contribution in [0.5, 0.6) is 0 Å². The van der Waals surface area contributed by atoms with Gasteiger partial charge in [0, 0.05) is 10.00 Å². The van der Waals surface area contributed by atoms with Crippen molar-refractivity contribution in [3.63, 3.8) is 0 Å². The van der Waals surface area contributed by atoms with Gasteiger partial charge in [0.15, 0.2) is 0 Å². The Labute approximate surface area is 79.2 Å². The standard InChI is InChI=1S/C9H18S2/c1-6-9(3,11-5)7-8(2)10-4/h6,8H,1,7H2,2-5H3. The Balaban J connectivity index is 3.96. The van der Waals surface area contributed by atoms with Gasteiger partial charge in [-0.1, -0.05) is 13.0 Å². The van der Waals surface area contributed by atoms with Gasteiger partial charge in [-0.05, 0) is 25.9 Å². The molecule has 2 unspecified atom stereocenters. The highest BCUT2D eigenvalue weighted by Crippen LogP contribution is 2.31. The van der Waals surface area contributed by atoms with E-state index in [-0.39, 0.29) is 4.75 Å². The van der Waals surface area contributed by atoms with Crippen LogP contribution in [0.3, 0.4) is 0 Å². The van der Waals surface area contributed by atoms with Crippen molar-refractivity contribution in [2.45, 2.75) is 30.3 Å². The van der Waals surface area contributed by atoms with Crippen molar-refractivity contribution in [1.29, 1.82) is 0 Å². The summed E-state index contributed by atoms with van der Waals surface area (Å²) in [5.74, 6) is 0. The van der Waals surface area contributed by atoms with Gasteiger partial charge in [0.1, 0.15) is 0 Å². The first-order chi connectivity index (χ1) is 5.08. The topological polar surface area (TPSA) is 0 Å². The minimum absolute atomic E-state index is 0.266. The van der Waals surface area contributed by atoms with E-state index in [0.717, 1.165) is 5.25 Å². The molecule has 0 saturated carbocycles. The number of thioether (sulfide) groups is 2. The zero-order valence-electron chi connectivity index (χ0n) is 7.89. The second-order valence-electron chi connectivity index (χ2n) is 2.97. The Bertz CT molecular complexity index is 123. The average molecular weight is 190 g/mol. The average Bonchev–Trinajstić information content (AvgIpc) is 2.04. The van der Waals surface area contributed by atoms with Crippen molar-refractivity contribution in [3.05, 3.63) is 12.7 Å². The fourth-order valence-electron chi connectivity index (χ4n) is 0.904. The van der Waals surface area contributed by atoms with Crippen LogP contribution >= 0.6 is 23.5 Å². The largest absolute Gasteiger partial charge is 0.162 e. The molecule has 0 bridgehead atoms. The summed E-state index contributed by atoms with van der Waals surface area (Å²) in [5.41, 5.74) is 0. The monoisotopic (exact) mass is 190 g/mol. The van der Waals surface area contributed by atoms with E-state index in [0.29, 0.717) is 0 Å². The van der Waals surface area contributed by atoms with Crippen LogP contribution in [0.4, 0.5) is 0 Å². The molecule has 0 aromatic rings. The third-order valence-corrected chi connectivity index (χ3v) is 4.23. The molecular formula is C9H18S2. The van der Waals surface area contributed by atoms with Gasteiger partial charge in [-0.3, -0.25) is 0 Å². The number of hydrogen-bond acceptors (Lipinski definition) is 2. The molecule has 0 rings (SSSR count). The highest BCUT2D eigenvalue weighted by atomic mass is 32.2. The molecule has 2 atom stereocenters. The van der Waals surface area contributed by atoms with Crippen LogP contribution in [0.2, 0.25) is 0 Å². The van der Waals surface area contributed by atoms with Gasteiger partial charge in [0.05, 0.1) is 0 Å². The number of hydrogen-bond donors (Lipinski definition) is 0. The molecule has 11 heavy (non-hydrogen) atoms. The van der Waals surface area contributed by atoms with E-state index >= 15 is 0 Å². The fourth-order valence-corrected chi connectivity index (χ4v) is 2.11. The quantitative estimate of drug-likeness (QED) is 0.609. The van der Waals surface area contributed by atoms with Gasteiger partial charge in [-0.15, -0.1) is 6.58 Å². The second kappa shape index (κ2) is 5.15. The Morgan fingerprint density at radius 3 is 2.36 bits per heavy atom. The molecule has 0 saturated heterocycles. The molecule has 0 amide bonds. The molecule has 0 aliphatic rings. The highest BCUT2D eigenvalue weighted by Gasteiger charge is 2.20. The van der Waals surface area contributed by atoms with Gasteiger partial charge >= 0.3 is 0 Å². The van der Waals surface area contributed by atoms with Crippen LogP contribution in [0.25, 0.3) is 0 Å². The predicted octanol–water partition coefficient (Wildman–Crippen LogP) is 3.44. The lowest BCUT2D eigenvalue weighted by atomic mass is 10.1. The SMILES string of the molecule is C=CC(C)(CC(C)SC)SC. The summed E-state index contributed by atoms with van der Waals surface area (Å²) in [5, 5.41) is 0.727. The third kappa shape index (κ3) is 4.12. The lowest BCUT2D eigenvalue weighted by Gasteiger charge is -2.25. The Morgan fingerprint density at radius 2 is 2.09 bits per heavy atom. The molecule has 0 aromatic heterocycles. The number of rotatable bonds is 5. The van der Waals surface area contributed by atoms with Crippen LogP contribution in [-0.4, -0.2) is 22.5 Å². The first-order valence-corrected chi connectivity index (χ1v) is 6.31. The molecule has 0 fully saturated rings. The Kier molecular flexibility index (Phi) is 5.36. The van der Waals surface area contributed by atoms with Gasteiger partial charge in [0.2, 0.25) is 0 Å². The van der Waals surface area contributed by atoms with Crippen molar-refractivity contribution >= 4 is 23.5 Å². The van der Waals surface area contributed by atoms with E-state index in [9.17, 15) is 0 Å². The summed E-state index contributed by atoms with van der Waals surface area (Å²) in [6.45, 7) is 8.37. The molecule has 0 N–H and O–H groups in total. The van der Waals surface area contributed by atoms with Crippen LogP contribution in [0.15, 0.2) is 12.7 Å². The Hall–Kier alpha value is 0.440. The van der Waals surface area contributed by atoms with Crippen molar-refractivity contribution in [3.8, 4) is 0 Å². The van der Waals surface area contributed by atoms with E-state index in [1.807, 2.05) is 23.5 Å². The molecule has 0 heterocycles. The molecule has 0 aliphatic heterocycles. The summed E-state index contributed by atoms with van der Waals surface area (Å²) in [7, 11) is 0. The lowest BCUT2D eigenvalue weighted by molar-refractivity contribution is 0.696. The maximum atomic E-state index is 3.86. The molecule has 0 radical (unpaired) electrons. The lowest BCUT2D eigenvalue weighted by Crippen LogP contribution is -2.20. The van der Waals surface area contributed by atoms with Crippen LogP contribution < -0.4 is 0 Å². The van der Waals surface area contributed by atoms with E-state index in [4.69, 9.17) is 0 Å². The minimum atomic E-state index is 0.266. The summed E-state index contributed by atoms with van der Waals surface area (Å²) in [6.07, 6.45) is 7.58. The van der Waals surface area contributed by atoms with Crippen molar-refractivity contribution in [2.75, 3.05) is 12.5 Å². The maximum Gasteiger partial charge on any atom is 0.0315 e. The van der Waals surface area contributed by atoms with E-state index in [1.165, 1.54) is 6.42 Å². The fraction of sp³-hybridized carbons (Fsp3) is 0.778. The van der Waals surface area contributed by atoms with Gasteiger partial charge in [-0.2, -0.15) is 23.5 Å². The van der Waals surface area contributed by atoms with Crippen molar-refractivity contribution < 1.29 is 0 Å². The summed E-state index contributed by atoms with van der Waals surface area (Å²) >= 11 is 3.81. The summed E-state index contributed by atoms with van der Waals surface area (Å²) in [6, 6.07) is 0. The molecule has 0 spiro atoms.